The third-order valence-electron chi connectivity index (χ3n) is 4.75. The van der Waals surface area contributed by atoms with E-state index < -0.39 is 0 Å². The van der Waals surface area contributed by atoms with Crippen LogP contribution in [0.2, 0.25) is 0 Å². The maximum Gasteiger partial charge on any atom is 0.191 e. The highest BCUT2D eigenvalue weighted by atomic mass is 127. The molecular formula is C20H34FIN4O. The lowest BCUT2D eigenvalue weighted by molar-refractivity contribution is 0.185. The summed E-state index contributed by atoms with van der Waals surface area (Å²) in [6, 6.07) is 6.47. The molecule has 5 nitrogen and oxygen atoms in total. The summed E-state index contributed by atoms with van der Waals surface area (Å²) in [6.07, 6.45) is 3.53. The zero-order chi connectivity index (χ0) is 18.8. The zero-order valence-corrected chi connectivity index (χ0v) is 19.0. The summed E-state index contributed by atoms with van der Waals surface area (Å²) < 4.78 is 19.3. The fourth-order valence-corrected chi connectivity index (χ4v) is 3.23. The number of nitrogens with one attached hydrogen (secondary N) is 2. The Labute approximate surface area is 180 Å². The number of hydrogen-bond acceptors (Lipinski definition) is 3. The van der Waals surface area contributed by atoms with Crippen molar-refractivity contribution in [1.82, 2.24) is 15.5 Å². The fraction of sp³-hybridized carbons (Fsp3) is 0.650. The number of rotatable bonds is 8. The largest absolute Gasteiger partial charge is 0.486 e. The molecule has 2 rings (SSSR count). The Morgan fingerprint density at radius 2 is 2.00 bits per heavy atom. The van der Waals surface area contributed by atoms with Crippen molar-refractivity contribution in [2.45, 2.75) is 39.2 Å². The Morgan fingerprint density at radius 1 is 1.30 bits per heavy atom. The third kappa shape index (κ3) is 8.64. The Morgan fingerprint density at radius 3 is 2.63 bits per heavy atom. The molecule has 1 fully saturated rings. The van der Waals surface area contributed by atoms with E-state index in [0.717, 1.165) is 12.5 Å². The molecule has 0 aliphatic carbocycles. The summed E-state index contributed by atoms with van der Waals surface area (Å²) >= 11 is 0. The maximum atomic E-state index is 13.6. The molecule has 1 aromatic rings. The second-order valence-electron chi connectivity index (χ2n) is 6.98. The van der Waals surface area contributed by atoms with Gasteiger partial charge in [-0.2, -0.15) is 0 Å². The zero-order valence-electron chi connectivity index (χ0n) is 16.7. The Kier molecular flexibility index (Phi) is 11.7. The van der Waals surface area contributed by atoms with Gasteiger partial charge in [0.15, 0.2) is 17.5 Å². The summed E-state index contributed by atoms with van der Waals surface area (Å²) in [7, 11) is 1.77. The van der Waals surface area contributed by atoms with E-state index in [1.807, 2.05) is 6.92 Å². The maximum absolute atomic E-state index is 13.6. The number of piperidine rings is 1. The fourth-order valence-electron chi connectivity index (χ4n) is 3.23. The highest BCUT2D eigenvalue weighted by Crippen LogP contribution is 2.17. The van der Waals surface area contributed by atoms with Gasteiger partial charge in [0.05, 0.1) is 6.54 Å². The summed E-state index contributed by atoms with van der Waals surface area (Å²) in [5.74, 6) is 1.40. The van der Waals surface area contributed by atoms with Crippen LogP contribution in [0.4, 0.5) is 4.39 Å². The van der Waals surface area contributed by atoms with Crippen molar-refractivity contribution in [3.8, 4) is 5.75 Å². The van der Waals surface area contributed by atoms with E-state index in [-0.39, 0.29) is 41.6 Å². The third-order valence-corrected chi connectivity index (χ3v) is 4.75. The first kappa shape index (κ1) is 23.9. The first-order chi connectivity index (χ1) is 12.6. The van der Waals surface area contributed by atoms with E-state index in [2.05, 4.69) is 27.4 Å². The Hall–Kier alpha value is -1.09. The second kappa shape index (κ2) is 13.1. The highest BCUT2D eigenvalue weighted by Gasteiger charge is 2.18. The number of benzene rings is 1. The molecule has 0 aromatic heterocycles. The lowest BCUT2D eigenvalue weighted by Crippen LogP contribution is -2.45. The van der Waals surface area contributed by atoms with E-state index in [1.54, 1.807) is 25.2 Å². The minimum Gasteiger partial charge on any atom is -0.486 e. The van der Waals surface area contributed by atoms with Gasteiger partial charge in [-0.25, -0.2) is 4.39 Å². The standard InChI is InChI=1S/C20H33FN4O.HI/c1-4-11-25-12-9-17(10-13-25)15-24-20(22-3)23-14-16(2)26-19-8-6-5-7-18(19)21;/h5-8,16-17H,4,9-15H2,1-3H3,(H2,22,23,24);1H. The van der Waals surface area contributed by atoms with Gasteiger partial charge in [-0.15, -0.1) is 24.0 Å². The summed E-state index contributed by atoms with van der Waals surface area (Å²) in [5, 5.41) is 6.67. The van der Waals surface area contributed by atoms with Gasteiger partial charge < -0.3 is 20.3 Å². The number of para-hydroxylation sites is 1. The lowest BCUT2D eigenvalue weighted by Gasteiger charge is -2.32. The SMILES string of the molecule is CCCN1CCC(CNC(=NC)NCC(C)Oc2ccccc2F)CC1.I. The van der Waals surface area contributed by atoms with Crippen molar-refractivity contribution < 1.29 is 9.13 Å². The van der Waals surface area contributed by atoms with Gasteiger partial charge >= 0.3 is 0 Å². The molecule has 2 N–H and O–H groups in total. The van der Waals surface area contributed by atoms with Crippen molar-refractivity contribution in [3.05, 3.63) is 30.1 Å². The van der Waals surface area contributed by atoms with Crippen LogP contribution < -0.4 is 15.4 Å². The smallest absolute Gasteiger partial charge is 0.191 e. The van der Waals surface area contributed by atoms with Crippen molar-refractivity contribution in [2.75, 3.05) is 39.8 Å². The molecule has 1 heterocycles. The molecule has 1 aliphatic rings. The van der Waals surface area contributed by atoms with E-state index in [0.29, 0.717) is 12.5 Å². The van der Waals surface area contributed by atoms with Crippen LogP contribution in [0.3, 0.4) is 0 Å². The number of guanidine groups is 1. The molecule has 1 unspecified atom stereocenters. The molecule has 0 radical (unpaired) electrons. The summed E-state index contributed by atoms with van der Waals surface area (Å²) in [6.45, 7) is 9.24. The number of nitrogens with zero attached hydrogens (tertiary/aromatic N) is 2. The van der Waals surface area contributed by atoms with Gasteiger partial charge in [-0.3, -0.25) is 4.99 Å². The van der Waals surface area contributed by atoms with E-state index in [4.69, 9.17) is 4.74 Å². The van der Waals surface area contributed by atoms with Crippen molar-refractivity contribution >= 4 is 29.9 Å². The quantitative estimate of drug-likeness (QED) is 0.332. The molecule has 0 spiro atoms. The van der Waals surface area contributed by atoms with Crippen LogP contribution in [-0.2, 0) is 0 Å². The number of aliphatic imine (C=N–C) groups is 1. The van der Waals surface area contributed by atoms with Crippen LogP contribution in [-0.4, -0.2) is 56.7 Å². The Bertz CT molecular complexity index is 565. The average molecular weight is 492 g/mol. The van der Waals surface area contributed by atoms with E-state index >= 15 is 0 Å². The molecule has 0 saturated carbocycles. The van der Waals surface area contributed by atoms with Gasteiger partial charge in [-0.1, -0.05) is 19.1 Å². The monoisotopic (exact) mass is 492 g/mol. The van der Waals surface area contributed by atoms with Crippen LogP contribution >= 0.6 is 24.0 Å². The molecule has 1 saturated heterocycles. The van der Waals surface area contributed by atoms with Crippen LogP contribution in [0, 0.1) is 11.7 Å². The van der Waals surface area contributed by atoms with Crippen LogP contribution in [0.1, 0.15) is 33.1 Å². The topological polar surface area (TPSA) is 48.9 Å². The van der Waals surface area contributed by atoms with Gasteiger partial charge in [0.25, 0.3) is 0 Å². The minimum absolute atomic E-state index is 0. The minimum atomic E-state index is -0.337. The normalized spacial score (nSPS) is 17.1. The predicted molar refractivity (Wildman–Crippen MR) is 121 cm³/mol. The van der Waals surface area contributed by atoms with E-state index in [9.17, 15) is 4.39 Å². The predicted octanol–water partition coefficient (Wildman–Crippen LogP) is 3.50. The molecule has 1 aromatic carbocycles. The molecule has 1 atom stereocenters. The van der Waals surface area contributed by atoms with Crippen molar-refractivity contribution in [1.29, 1.82) is 0 Å². The van der Waals surface area contributed by atoms with Crippen LogP contribution in [0.25, 0.3) is 0 Å². The average Bonchev–Trinajstić information content (AvgIpc) is 2.65. The lowest BCUT2D eigenvalue weighted by atomic mass is 9.97. The molecule has 154 valence electrons. The summed E-state index contributed by atoms with van der Waals surface area (Å²) in [5.41, 5.74) is 0. The summed E-state index contributed by atoms with van der Waals surface area (Å²) in [4.78, 5) is 6.81. The second-order valence-corrected chi connectivity index (χ2v) is 6.98. The van der Waals surface area contributed by atoms with Gasteiger partial charge in [-0.05, 0) is 63.9 Å². The molecular weight excluding hydrogens is 458 g/mol. The van der Waals surface area contributed by atoms with Gasteiger partial charge in [0, 0.05) is 13.6 Å². The number of likely N-dealkylation sites (tertiary alicyclic amines) is 1. The number of halogens is 2. The Balaban J connectivity index is 0.00000364. The first-order valence-corrected chi connectivity index (χ1v) is 9.70. The van der Waals surface area contributed by atoms with Gasteiger partial charge in [0.1, 0.15) is 6.10 Å². The van der Waals surface area contributed by atoms with E-state index in [1.165, 1.54) is 45.0 Å². The van der Waals surface area contributed by atoms with Crippen molar-refractivity contribution in [3.63, 3.8) is 0 Å². The number of ether oxygens (including phenoxy) is 1. The molecule has 0 bridgehead atoms. The van der Waals surface area contributed by atoms with Crippen LogP contribution in [0.5, 0.6) is 5.75 Å². The molecule has 27 heavy (non-hydrogen) atoms. The molecule has 0 amide bonds. The molecule has 1 aliphatic heterocycles. The highest BCUT2D eigenvalue weighted by molar-refractivity contribution is 14.0. The molecule has 7 heteroatoms. The van der Waals surface area contributed by atoms with Crippen LogP contribution in [0.15, 0.2) is 29.3 Å². The van der Waals surface area contributed by atoms with Gasteiger partial charge in [0.2, 0.25) is 0 Å². The number of hydrogen-bond donors (Lipinski definition) is 2. The first-order valence-electron chi connectivity index (χ1n) is 9.70. The van der Waals surface area contributed by atoms with Crippen molar-refractivity contribution in [2.24, 2.45) is 10.9 Å².